The fourth-order valence-corrected chi connectivity index (χ4v) is 4.52. The fraction of sp³-hybridized carbons (Fsp3) is 0.500. The Bertz CT molecular complexity index is 1060. The topological polar surface area (TPSA) is 101 Å². The monoisotopic (exact) mass is 469 g/mol. The Morgan fingerprint density at radius 3 is 2.53 bits per heavy atom. The lowest BCUT2D eigenvalue weighted by atomic mass is 9.94. The summed E-state index contributed by atoms with van der Waals surface area (Å²) in [7, 11) is 0. The molecular weight excluding hydrogens is 434 g/mol. The molecule has 2 N–H and O–H groups in total. The number of amides is 2. The number of rotatable bonds is 7. The quantitative estimate of drug-likeness (QED) is 0.537. The lowest BCUT2D eigenvalue weighted by molar-refractivity contribution is -0.114. The number of ether oxygens (including phenoxy) is 2. The van der Waals surface area contributed by atoms with Crippen LogP contribution in [0.2, 0.25) is 0 Å². The molecule has 0 saturated carbocycles. The van der Waals surface area contributed by atoms with E-state index in [1.54, 1.807) is 6.20 Å². The van der Waals surface area contributed by atoms with Gasteiger partial charge in [-0.15, -0.1) is 0 Å². The second-order valence-electron chi connectivity index (χ2n) is 10.1. The van der Waals surface area contributed by atoms with Crippen LogP contribution in [0.4, 0.5) is 10.6 Å². The molecule has 1 aromatic carbocycles. The number of fused-ring (bicyclic) bond motifs is 3. The van der Waals surface area contributed by atoms with Crippen LogP contribution in [-0.2, 0) is 4.79 Å². The second-order valence-corrected chi connectivity index (χ2v) is 10.1. The molecule has 8 heteroatoms. The predicted molar refractivity (Wildman–Crippen MR) is 131 cm³/mol. The maximum Gasteiger partial charge on any atom is 0.408 e. The van der Waals surface area contributed by atoms with Crippen LogP contribution in [0.3, 0.4) is 0 Å². The Morgan fingerprint density at radius 1 is 1.24 bits per heavy atom. The van der Waals surface area contributed by atoms with Crippen molar-refractivity contribution >= 4 is 17.8 Å². The summed E-state index contributed by atoms with van der Waals surface area (Å²) in [6.45, 7) is 13.4. The van der Waals surface area contributed by atoms with Gasteiger partial charge in [0.15, 0.2) is 0 Å². The Labute approximate surface area is 201 Å². The highest BCUT2D eigenvalue weighted by atomic mass is 16.5. The first kappa shape index (κ1) is 25.3. The molecule has 0 bridgehead atoms. The number of carboxylic acid groups (broad SMARTS) is 1. The Hall–Kier alpha value is -3.29. The number of hydrogen-bond acceptors (Lipinski definition) is 5. The average Bonchev–Trinajstić information content (AvgIpc) is 2.69. The molecule has 1 aliphatic heterocycles. The standard InChI is InChI=1S/C26H35N3O5/c1-15(2)12-18(29(25(31)32)26(5,6)7)14-33-19-8-9-20-21-10-11-27-24(28-17(4)30)23(21)16(3)34-22(20)13-19/h8-11,13,15-16,18H,12,14H2,1-7H3,(H,31,32)(H,27,28,30)/t16?,18-/m0/s1. The van der Waals surface area contributed by atoms with Gasteiger partial charge in [0, 0.05) is 35.9 Å². The minimum absolute atomic E-state index is 0.191. The van der Waals surface area contributed by atoms with Crippen LogP contribution in [0.15, 0.2) is 30.5 Å². The molecule has 2 aromatic rings. The summed E-state index contributed by atoms with van der Waals surface area (Å²) >= 11 is 0. The molecule has 2 amide bonds. The molecule has 2 heterocycles. The maximum atomic E-state index is 12.0. The van der Waals surface area contributed by atoms with Crippen molar-refractivity contribution in [3.05, 3.63) is 36.0 Å². The van der Waals surface area contributed by atoms with E-state index in [1.165, 1.54) is 11.8 Å². The van der Waals surface area contributed by atoms with E-state index < -0.39 is 11.6 Å². The number of carbonyl (C=O) groups is 2. The number of pyridine rings is 1. The van der Waals surface area contributed by atoms with Gasteiger partial charge in [-0.2, -0.15) is 0 Å². The van der Waals surface area contributed by atoms with E-state index in [4.69, 9.17) is 9.47 Å². The smallest absolute Gasteiger partial charge is 0.408 e. The van der Waals surface area contributed by atoms with Gasteiger partial charge in [0.2, 0.25) is 5.91 Å². The zero-order valence-electron chi connectivity index (χ0n) is 21.0. The zero-order valence-corrected chi connectivity index (χ0v) is 21.0. The zero-order chi connectivity index (χ0) is 25.2. The Morgan fingerprint density at radius 2 is 1.94 bits per heavy atom. The first-order valence-corrected chi connectivity index (χ1v) is 11.6. The van der Waals surface area contributed by atoms with Crippen LogP contribution < -0.4 is 14.8 Å². The number of benzene rings is 1. The number of nitrogens with one attached hydrogen (secondary N) is 1. The number of aromatic nitrogens is 1. The van der Waals surface area contributed by atoms with Crippen LogP contribution in [0, 0.1) is 5.92 Å². The highest BCUT2D eigenvalue weighted by Crippen LogP contribution is 2.45. The van der Waals surface area contributed by atoms with Crippen molar-refractivity contribution in [3.63, 3.8) is 0 Å². The normalized spacial score (nSPS) is 15.6. The van der Waals surface area contributed by atoms with Crippen LogP contribution in [0.5, 0.6) is 11.5 Å². The van der Waals surface area contributed by atoms with Gasteiger partial charge in [-0.3, -0.25) is 9.69 Å². The summed E-state index contributed by atoms with van der Waals surface area (Å²) in [5.74, 6) is 1.90. The molecule has 184 valence electrons. The molecule has 0 aliphatic carbocycles. The van der Waals surface area contributed by atoms with Gasteiger partial charge in [0.1, 0.15) is 30.0 Å². The molecular formula is C26H35N3O5. The molecule has 0 fully saturated rings. The molecule has 1 aromatic heterocycles. The Balaban J connectivity index is 1.87. The van der Waals surface area contributed by atoms with Crippen molar-refractivity contribution in [2.24, 2.45) is 5.92 Å². The van der Waals surface area contributed by atoms with E-state index in [2.05, 4.69) is 24.1 Å². The fourth-order valence-electron chi connectivity index (χ4n) is 4.52. The van der Waals surface area contributed by atoms with Crippen LogP contribution in [0.1, 0.15) is 66.6 Å². The molecule has 8 nitrogen and oxygen atoms in total. The van der Waals surface area contributed by atoms with Crippen LogP contribution >= 0.6 is 0 Å². The van der Waals surface area contributed by atoms with Crippen molar-refractivity contribution in [1.29, 1.82) is 0 Å². The van der Waals surface area contributed by atoms with Crippen molar-refractivity contribution < 1.29 is 24.2 Å². The molecule has 1 unspecified atom stereocenters. The van der Waals surface area contributed by atoms with Gasteiger partial charge in [-0.25, -0.2) is 9.78 Å². The number of anilines is 1. The van der Waals surface area contributed by atoms with Crippen molar-refractivity contribution in [1.82, 2.24) is 9.88 Å². The number of hydrogen-bond donors (Lipinski definition) is 2. The SMILES string of the molecule is CC(=O)Nc1nccc2c1C(C)Oc1cc(OC[C@H](CC(C)C)N(C(=O)O)C(C)(C)C)ccc1-2. The molecule has 0 spiro atoms. The van der Waals surface area contributed by atoms with Crippen LogP contribution in [0.25, 0.3) is 11.1 Å². The first-order chi connectivity index (χ1) is 15.9. The highest BCUT2D eigenvalue weighted by molar-refractivity contribution is 5.91. The molecule has 0 radical (unpaired) electrons. The molecule has 1 aliphatic rings. The summed E-state index contributed by atoms with van der Waals surface area (Å²) in [6.07, 6.45) is 1.09. The van der Waals surface area contributed by atoms with Crippen LogP contribution in [-0.4, -0.2) is 45.2 Å². The number of carbonyl (C=O) groups excluding carboxylic acids is 1. The summed E-state index contributed by atoms with van der Waals surface area (Å²) in [5.41, 5.74) is 2.11. The maximum absolute atomic E-state index is 12.0. The summed E-state index contributed by atoms with van der Waals surface area (Å²) < 4.78 is 12.3. The van der Waals surface area contributed by atoms with E-state index in [-0.39, 0.29) is 24.7 Å². The van der Waals surface area contributed by atoms with Crippen molar-refractivity contribution in [2.45, 2.75) is 72.6 Å². The summed E-state index contributed by atoms with van der Waals surface area (Å²) in [5, 5.41) is 12.6. The third kappa shape index (κ3) is 5.61. The molecule has 3 rings (SSSR count). The summed E-state index contributed by atoms with van der Waals surface area (Å²) in [6, 6.07) is 7.23. The van der Waals surface area contributed by atoms with E-state index in [0.717, 1.165) is 16.7 Å². The minimum atomic E-state index is -0.954. The summed E-state index contributed by atoms with van der Waals surface area (Å²) in [4.78, 5) is 29.4. The first-order valence-electron chi connectivity index (χ1n) is 11.6. The van der Waals surface area contributed by atoms with Crippen molar-refractivity contribution in [3.8, 4) is 22.6 Å². The average molecular weight is 470 g/mol. The van der Waals surface area contributed by atoms with Gasteiger partial charge in [-0.1, -0.05) is 13.8 Å². The van der Waals surface area contributed by atoms with E-state index in [0.29, 0.717) is 29.7 Å². The highest BCUT2D eigenvalue weighted by Gasteiger charge is 2.34. The third-order valence-corrected chi connectivity index (χ3v) is 5.72. The van der Waals surface area contributed by atoms with E-state index in [1.807, 2.05) is 52.0 Å². The lowest BCUT2D eigenvalue weighted by Crippen LogP contribution is -2.53. The lowest BCUT2D eigenvalue weighted by Gasteiger charge is -2.40. The number of nitrogens with zero attached hydrogens (tertiary/aromatic N) is 2. The van der Waals surface area contributed by atoms with Gasteiger partial charge < -0.3 is 19.9 Å². The van der Waals surface area contributed by atoms with Crippen molar-refractivity contribution in [2.75, 3.05) is 11.9 Å². The van der Waals surface area contributed by atoms with E-state index >= 15 is 0 Å². The minimum Gasteiger partial charge on any atom is -0.491 e. The second kappa shape index (κ2) is 9.91. The van der Waals surface area contributed by atoms with Gasteiger partial charge in [0.25, 0.3) is 0 Å². The largest absolute Gasteiger partial charge is 0.491 e. The van der Waals surface area contributed by atoms with Gasteiger partial charge in [0.05, 0.1) is 6.04 Å². The molecule has 2 atom stereocenters. The third-order valence-electron chi connectivity index (χ3n) is 5.72. The predicted octanol–water partition coefficient (Wildman–Crippen LogP) is 5.73. The Kier molecular flexibility index (Phi) is 7.38. The molecule has 0 saturated heterocycles. The van der Waals surface area contributed by atoms with Gasteiger partial charge in [-0.05, 0) is 63.8 Å². The van der Waals surface area contributed by atoms with Gasteiger partial charge >= 0.3 is 6.09 Å². The van der Waals surface area contributed by atoms with E-state index in [9.17, 15) is 14.7 Å². The molecule has 34 heavy (non-hydrogen) atoms.